The highest BCUT2D eigenvalue weighted by Gasteiger charge is 2.24. The summed E-state index contributed by atoms with van der Waals surface area (Å²) in [6.45, 7) is 0.903. The molecule has 176 valence electrons. The Morgan fingerprint density at radius 2 is 2.03 bits per heavy atom. The highest BCUT2D eigenvalue weighted by atomic mass is 16.5. The number of methoxy groups -OCH3 is 1. The third kappa shape index (κ3) is 5.51. The summed E-state index contributed by atoms with van der Waals surface area (Å²) in [6, 6.07) is 18.3. The van der Waals surface area contributed by atoms with E-state index in [0.717, 1.165) is 11.1 Å². The molecule has 0 saturated carbocycles. The van der Waals surface area contributed by atoms with Crippen LogP contribution in [0.1, 0.15) is 44.4 Å². The summed E-state index contributed by atoms with van der Waals surface area (Å²) in [7, 11) is 1.60. The number of ether oxygens (including phenoxy) is 1. The van der Waals surface area contributed by atoms with Gasteiger partial charge in [-0.3, -0.25) is 19.7 Å². The molecule has 4 aromatic rings. The monoisotopic (exact) mass is 468 g/mol. The zero-order valence-electron chi connectivity index (χ0n) is 19.1. The molecule has 0 bridgehead atoms. The average molecular weight is 469 g/mol. The van der Waals surface area contributed by atoms with Gasteiger partial charge in [0.2, 0.25) is 0 Å². The van der Waals surface area contributed by atoms with Crippen molar-refractivity contribution in [3.63, 3.8) is 0 Å². The molecule has 2 N–H and O–H groups in total. The van der Waals surface area contributed by atoms with Crippen LogP contribution in [0.15, 0.2) is 78.0 Å². The van der Waals surface area contributed by atoms with Gasteiger partial charge in [0.1, 0.15) is 6.07 Å². The van der Waals surface area contributed by atoms with Crippen molar-refractivity contribution in [2.75, 3.05) is 13.7 Å². The summed E-state index contributed by atoms with van der Waals surface area (Å²) in [5.41, 5.74) is 3.69. The molecular weight excluding hydrogens is 444 g/mol. The first kappa shape index (κ1) is 23.6. The maximum absolute atomic E-state index is 13.0. The van der Waals surface area contributed by atoms with Crippen LogP contribution in [0.5, 0.6) is 0 Å². The quantitative estimate of drug-likeness (QED) is 0.389. The smallest absolute Gasteiger partial charge is 0.255 e. The van der Waals surface area contributed by atoms with Crippen molar-refractivity contribution in [1.82, 2.24) is 25.1 Å². The van der Waals surface area contributed by atoms with Crippen LogP contribution in [0.2, 0.25) is 0 Å². The number of pyridine rings is 2. The van der Waals surface area contributed by atoms with Crippen LogP contribution in [-0.4, -0.2) is 39.4 Å². The number of hydrogen-bond donors (Lipinski definition) is 2. The highest BCUT2D eigenvalue weighted by molar-refractivity contribution is 5.95. The van der Waals surface area contributed by atoms with E-state index >= 15 is 0 Å². The van der Waals surface area contributed by atoms with Gasteiger partial charge in [0.05, 0.1) is 48.1 Å². The van der Waals surface area contributed by atoms with Gasteiger partial charge in [0, 0.05) is 31.8 Å². The molecule has 9 nitrogen and oxygen atoms in total. The Hall–Kier alpha value is -4.55. The van der Waals surface area contributed by atoms with Crippen LogP contribution < -0.4 is 10.9 Å². The molecule has 0 radical (unpaired) electrons. The number of hydrogen-bond acceptors (Lipinski definition) is 6. The van der Waals surface area contributed by atoms with Crippen molar-refractivity contribution in [2.24, 2.45) is 0 Å². The zero-order valence-corrected chi connectivity index (χ0v) is 19.1. The zero-order chi connectivity index (χ0) is 24.6. The minimum absolute atomic E-state index is 0.0615. The fraction of sp³-hybridized carbons (Fsp3) is 0.192. The van der Waals surface area contributed by atoms with Crippen LogP contribution in [-0.2, 0) is 17.8 Å². The molecule has 9 heteroatoms. The molecule has 0 aliphatic heterocycles. The maximum Gasteiger partial charge on any atom is 0.255 e. The second-order valence-corrected chi connectivity index (χ2v) is 7.89. The number of carbonyl (C=O) groups is 1. The van der Waals surface area contributed by atoms with Gasteiger partial charge in [0.25, 0.3) is 11.5 Å². The van der Waals surface area contributed by atoms with Gasteiger partial charge in [-0.25, -0.2) is 0 Å². The Morgan fingerprint density at radius 3 is 2.77 bits per heavy atom. The van der Waals surface area contributed by atoms with E-state index < -0.39 is 0 Å². The Labute approximate surface area is 202 Å². The van der Waals surface area contributed by atoms with Gasteiger partial charge in [-0.2, -0.15) is 10.4 Å². The lowest BCUT2D eigenvalue weighted by Gasteiger charge is -2.17. The minimum Gasteiger partial charge on any atom is -0.384 e. The summed E-state index contributed by atoms with van der Waals surface area (Å²) in [5.74, 6) is -0.616. The molecule has 0 aliphatic rings. The average Bonchev–Trinajstić information content (AvgIpc) is 3.38. The molecule has 0 aliphatic carbocycles. The van der Waals surface area contributed by atoms with Crippen molar-refractivity contribution in [2.45, 2.75) is 19.0 Å². The SMILES string of the molecule is COCC(c1ccc(Cn2ccccc2=O)cc1)c1n[nH]cc1C(=O)NCc1ncccc1C#N. The fourth-order valence-corrected chi connectivity index (χ4v) is 3.83. The van der Waals surface area contributed by atoms with E-state index in [0.29, 0.717) is 35.7 Å². The number of amides is 1. The molecule has 4 rings (SSSR count). The molecule has 3 heterocycles. The number of aromatic nitrogens is 4. The lowest BCUT2D eigenvalue weighted by molar-refractivity contribution is 0.0948. The maximum atomic E-state index is 13.0. The first-order chi connectivity index (χ1) is 17.1. The van der Waals surface area contributed by atoms with E-state index in [1.54, 1.807) is 48.5 Å². The van der Waals surface area contributed by atoms with Gasteiger partial charge in [-0.05, 0) is 29.3 Å². The molecule has 1 amide bonds. The summed E-state index contributed by atoms with van der Waals surface area (Å²) in [4.78, 5) is 29.2. The first-order valence-electron chi connectivity index (χ1n) is 11.0. The van der Waals surface area contributed by atoms with Crippen LogP contribution >= 0.6 is 0 Å². The van der Waals surface area contributed by atoms with E-state index in [1.165, 1.54) is 6.07 Å². The van der Waals surface area contributed by atoms with E-state index in [2.05, 4.69) is 26.6 Å². The molecule has 3 aromatic heterocycles. The fourth-order valence-electron chi connectivity index (χ4n) is 3.83. The molecule has 0 fully saturated rings. The van der Waals surface area contributed by atoms with Crippen LogP contribution in [0.4, 0.5) is 0 Å². The third-order valence-corrected chi connectivity index (χ3v) is 5.64. The van der Waals surface area contributed by atoms with Crippen LogP contribution in [0.3, 0.4) is 0 Å². The topological polar surface area (TPSA) is 126 Å². The predicted molar refractivity (Wildman–Crippen MR) is 129 cm³/mol. The van der Waals surface area contributed by atoms with Gasteiger partial charge in [-0.15, -0.1) is 0 Å². The normalized spacial score (nSPS) is 11.5. The Balaban J connectivity index is 1.52. The lowest BCUT2D eigenvalue weighted by atomic mass is 9.93. The lowest BCUT2D eigenvalue weighted by Crippen LogP contribution is -2.25. The van der Waals surface area contributed by atoms with Gasteiger partial charge in [0.15, 0.2) is 0 Å². The minimum atomic E-state index is -0.329. The number of benzene rings is 1. The number of aromatic amines is 1. The largest absolute Gasteiger partial charge is 0.384 e. The predicted octanol–water partition coefficient (Wildman–Crippen LogP) is 2.59. The highest BCUT2D eigenvalue weighted by Crippen LogP contribution is 2.27. The molecule has 1 aromatic carbocycles. The number of rotatable bonds is 9. The molecule has 35 heavy (non-hydrogen) atoms. The Morgan fingerprint density at radius 1 is 1.20 bits per heavy atom. The number of carbonyl (C=O) groups excluding carboxylic acids is 1. The summed E-state index contributed by atoms with van der Waals surface area (Å²) in [5, 5.41) is 19.2. The number of H-pyrrole nitrogens is 1. The van der Waals surface area contributed by atoms with Crippen molar-refractivity contribution >= 4 is 5.91 Å². The first-order valence-corrected chi connectivity index (χ1v) is 11.0. The molecule has 0 saturated heterocycles. The number of nitrogens with one attached hydrogen (secondary N) is 2. The van der Waals surface area contributed by atoms with E-state index in [1.807, 2.05) is 30.3 Å². The molecule has 1 atom stereocenters. The van der Waals surface area contributed by atoms with Crippen molar-refractivity contribution in [1.29, 1.82) is 5.26 Å². The van der Waals surface area contributed by atoms with E-state index in [9.17, 15) is 14.9 Å². The summed E-state index contributed by atoms with van der Waals surface area (Å²) < 4.78 is 7.08. The van der Waals surface area contributed by atoms with Crippen LogP contribution in [0, 0.1) is 11.3 Å². The van der Waals surface area contributed by atoms with Gasteiger partial charge < -0.3 is 14.6 Å². The molecular formula is C26H24N6O3. The van der Waals surface area contributed by atoms with E-state index in [4.69, 9.17) is 4.74 Å². The van der Waals surface area contributed by atoms with Crippen molar-refractivity contribution in [3.05, 3.63) is 117 Å². The second-order valence-electron chi connectivity index (χ2n) is 7.89. The van der Waals surface area contributed by atoms with Gasteiger partial charge in [-0.1, -0.05) is 30.3 Å². The standard InChI is InChI=1S/C26H24N6O3/c1-35-17-22(19-9-7-18(8-10-19)16-32-12-3-2-6-24(32)33)25-21(14-30-31-25)26(34)29-15-23-20(13-27)5-4-11-28-23/h2-12,14,22H,15-17H2,1H3,(H,29,34)(H,30,31). The van der Waals surface area contributed by atoms with Crippen molar-refractivity contribution < 1.29 is 9.53 Å². The number of nitriles is 1. The van der Waals surface area contributed by atoms with E-state index in [-0.39, 0.29) is 23.9 Å². The Bertz CT molecular complexity index is 1400. The molecule has 1 unspecified atom stereocenters. The number of nitrogens with zero attached hydrogens (tertiary/aromatic N) is 4. The Kier molecular flexibility index (Phi) is 7.45. The third-order valence-electron chi connectivity index (χ3n) is 5.64. The molecule has 0 spiro atoms. The van der Waals surface area contributed by atoms with Crippen LogP contribution in [0.25, 0.3) is 0 Å². The summed E-state index contributed by atoms with van der Waals surface area (Å²) >= 11 is 0. The van der Waals surface area contributed by atoms with Gasteiger partial charge >= 0.3 is 0 Å². The summed E-state index contributed by atoms with van der Waals surface area (Å²) in [6.07, 6.45) is 4.88. The second kappa shape index (κ2) is 11.0. The van der Waals surface area contributed by atoms with Crippen molar-refractivity contribution in [3.8, 4) is 6.07 Å².